The number of para-hydroxylation sites is 4. The Bertz CT molecular complexity index is 1140. The molecule has 0 spiro atoms. The molecule has 0 aliphatic carbocycles. The SMILES string of the molecule is c1ccc2c(c1)N1B3N2c2cccc4cccc(c24)N3c2ccccc21. The van der Waals surface area contributed by atoms with Crippen molar-refractivity contribution in [3.63, 3.8) is 0 Å². The molecular formula is C22H14BN3. The first-order chi connectivity index (χ1) is 12.9. The van der Waals surface area contributed by atoms with Crippen molar-refractivity contribution < 1.29 is 0 Å². The topological polar surface area (TPSA) is 9.72 Å². The van der Waals surface area contributed by atoms with Crippen molar-refractivity contribution in [2.24, 2.45) is 0 Å². The van der Waals surface area contributed by atoms with Crippen molar-refractivity contribution >= 4 is 52.0 Å². The Morgan fingerprint density at radius 2 is 0.808 bits per heavy atom. The zero-order valence-electron chi connectivity index (χ0n) is 14.0. The van der Waals surface area contributed by atoms with Gasteiger partial charge in [-0.2, -0.15) is 0 Å². The lowest BCUT2D eigenvalue weighted by atomic mass is 9.81. The maximum Gasteiger partial charge on any atom is 0.519 e. The molecule has 4 heteroatoms. The van der Waals surface area contributed by atoms with Crippen LogP contribution in [0.4, 0.5) is 34.1 Å². The molecule has 7 rings (SSSR count). The van der Waals surface area contributed by atoms with Gasteiger partial charge in [0.1, 0.15) is 0 Å². The Morgan fingerprint density at radius 1 is 0.423 bits per heavy atom. The molecule has 3 aliphatic rings. The number of anilines is 6. The molecule has 120 valence electrons. The maximum absolute atomic E-state index is 2.49. The third-order valence-corrected chi connectivity index (χ3v) is 5.87. The van der Waals surface area contributed by atoms with Gasteiger partial charge in [0.05, 0.1) is 22.7 Å². The van der Waals surface area contributed by atoms with Gasteiger partial charge in [-0.05, 0) is 41.8 Å². The summed E-state index contributed by atoms with van der Waals surface area (Å²) in [6.07, 6.45) is 0. The Kier molecular flexibility index (Phi) is 2.09. The number of fused-ring (bicyclic) bond motifs is 8. The van der Waals surface area contributed by atoms with Crippen molar-refractivity contribution in [2.75, 3.05) is 14.4 Å². The highest BCUT2D eigenvalue weighted by Crippen LogP contribution is 2.59. The molecule has 0 radical (unpaired) electrons. The molecule has 0 unspecified atom stereocenters. The smallest absolute Gasteiger partial charge is 0.343 e. The van der Waals surface area contributed by atoms with Crippen LogP contribution in [0.25, 0.3) is 10.8 Å². The highest BCUT2D eigenvalue weighted by Gasteiger charge is 2.55. The van der Waals surface area contributed by atoms with E-state index in [1.807, 2.05) is 0 Å². The fourth-order valence-corrected chi connectivity index (χ4v) is 4.93. The zero-order valence-corrected chi connectivity index (χ0v) is 14.0. The molecule has 3 nitrogen and oxygen atoms in total. The average Bonchev–Trinajstić information content (AvgIpc) is 3.21. The van der Waals surface area contributed by atoms with Gasteiger partial charge in [-0.25, -0.2) is 0 Å². The second-order valence-electron chi connectivity index (χ2n) is 7.09. The fourth-order valence-electron chi connectivity index (χ4n) is 4.93. The molecular weight excluding hydrogens is 317 g/mol. The van der Waals surface area contributed by atoms with Gasteiger partial charge < -0.3 is 14.4 Å². The summed E-state index contributed by atoms with van der Waals surface area (Å²) in [4.78, 5) is 7.45. The second-order valence-corrected chi connectivity index (χ2v) is 7.09. The van der Waals surface area contributed by atoms with Crippen LogP contribution in [0.2, 0.25) is 0 Å². The van der Waals surface area contributed by atoms with E-state index >= 15 is 0 Å². The van der Waals surface area contributed by atoms with Gasteiger partial charge in [-0.3, -0.25) is 0 Å². The van der Waals surface area contributed by atoms with Crippen molar-refractivity contribution in [1.29, 1.82) is 0 Å². The molecule has 0 saturated carbocycles. The second kappa shape index (κ2) is 4.22. The van der Waals surface area contributed by atoms with Crippen molar-refractivity contribution in [3.8, 4) is 0 Å². The minimum atomic E-state index is 0.130. The van der Waals surface area contributed by atoms with Gasteiger partial charge >= 0.3 is 7.12 Å². The van der Waals surface area contributed by atoms with Crippen LogP contribution in [0, 0.1) is 0 Å². The summed E-state index contributed by atoms with van der Waals surface area (Å²) in [6.45, 7) is 0. The average molecular weight is 331 g/mol. The van der Waals surface area contributed by atoms with Crippen molar-refractivity contribution in [3.05, 3.63) is 84.9 Å². The summed E-state index contributed by atoms with van der Waals surface area (Å²) in [5, 5.41) is 2.62. The van der Waals surface area contributed by atoms with Crippen LogP contribution < -0.4 is 14.4 Å². The minimum absolute atomic E-state index is 0.130. The predicted molar refractivity (Wildman–Crippen MR) is 109 cm³/mol. The molecule has 26 heavy (non-hydrogen) atoms. The molecule has 3 aliphatic heterocycles. The van der Waals surface area contributed by atoms with Gasteiger partial charge in [-0.1, -0.05) is 48.5 Å². The molecule has 0 atom stereocenters. The van der Waals surface area contributed by atoms with Crippen molar-refractivity contribution in [1.82, 2.24) is 0 Å². The van der Waals surface area contributed by atoms with Gasteiger partial charge in [-0.15, -0.1) is 0 Å². The van der Waals surface area contributed by atoms with E-state index in [-0.39, 0.29) is 7.12 Å². The molecule has 0 fully saturated rings. The van der Waals surface area contributed by atoms with E-state index in [1.165, 1.54) is 44.9 Å². The molecule has 0 N–H and O–H groups in total. The first-order valence-electron chi connectivity index (χ1n) is 9.01. The third kappa shape index (κ3) is 1.28. The summed E-state index contributed by atoms with van der Waals surface area (Å²) >= 11 is 0. The molecule has 0 bridgehead atoms. The number of nitrogens with zero attached hydrogens (tertiary/aromatic N) is 3. The van der Waals surface area contributed by atoms with E-state index in [9.17, 15) is 0 Å². The lowest BCUT2D eigenvalue weighted by molar-refractivity contribution is 1.31. The third-order valence-electron chi connectivity index (χ3n) is 5.87. The molecule has 3 heterocycles. The van der Waals surface area contributed by atoms with Crippen molar-refractivity contribution in [2.45, 2.75) is 0 Å². The summed E-state index contributed by atoms with van der Waals surface area (Å²) < 4.78 is 0. The first kappa shape index (κ1) is 12.9. The molecule has 0 amide bonds. The molecule has 4 aromatic rings. The van der Waals surface area contributed by atoms with E-state index < -0.39 is 0 Å². The van der Waals surface area contributed by atoms with Crippen LogP contribution in [-0.2, 0) is 0 Å². The number of rotatable bonds is 0. The largest absolute Gasteiger partial charge is 0.519 e. The van der Waals surface area contributed by atoms with E-state index in [2.05, 4.69) is 99.4 Å². The monoisotopic (exact) mass is 331 g/mol. The van der Waals surface area contributed by atoms with Gasteiger partial charge in [0, 0.05) is 16.8 Å². The van der Waals surface area contributed by atoms with E-state index in [0.29, 0.717) is 0 Å². The summed E-state index contributed by atoms with van der Waals surface area (Å²) in [7, 11) is 0.130. The van der Waals surface area contributed by atoms with Gasteiger partial charge in [0.2, 0.25) is 0 Å². The van der Waals surface area contributed by atoms with Gasteiger partial charge in [0.25, 0.3) is 0 Å². The summed E-state index contributed by atoms with van der Waals surface area (Å²) in [5.74, 6) is 0. The zero-order chi connectivity index (χ0) is 16.8. The van der Waals surface area contributed by atoms with Crippen LogP contribution in [0.1, 0.15) is 0 Å². The van der Waals surface area contributed by atoms with Crippen LogP contribution >= 0.6 is 0 Å². The quantitative estimate of drug-likeness (QED) is 0.390. The van der Waals surface area contributed by atoms with Crippen LogP contribution in [0.5, 0.6) is 0 Å². The number of hydrogen-bond donors (Lipinski definition) is 0. The van der Waals surface area contributed by atoms with Gasteiger partial charge in [0.15, 0.2) is 0 Å². The fraction of sp³-hybridized carbons (Fsp3) is 0. The lowest BCUT2D eigenvalue weighted by Gasteiger charge is -2.37. The Morgan fingerprint density at radius 3 is 1.27 bits per heavy atom. The summed E-state index contributed by atoms with van der Waals surface area (Å²) in [6, 6.07) is 30.8. The Balaban J connectivity index is 1.69. The van der Waals surface area contributed by atoms with Crippen LogP contribution in [0.3, 0.4) is 0 Å². The molecule has 0 saturated heterocycles. The standard InChI is InChI=1S/C22H14BN3/c1-3-11-18-16(9-1)24-17-10-2-4-12-19(17)26-21-14-6-8-15-7-5-13-20(22(15)21)25(18)23(24)26/h1-14H. The molecule has 0 aromatic heterocycles. The highest BCUT2D eigenvalue weighted by atomic mass is 15.5. The van der Waals surface area contributed by atoms with Crippen LogP contribution in [0.15, 0.2) is 84.9 Å². The molecule has 4 aromatic carbocycles. The van der Waals surface area contributed by atoms with E-state index in [4.69, 9.17) is 0 Å². The summed E-state index contributed by atoms with van der Waals surface area (Å²) in [5.41, 5.74) is 7.69. The first-order valence-corrected chi connectivity index (χ1v) is 9.01. The Labute approximate surface area is 151 Å². The Hall–Kier alpha value is -3.40. The number of benzene rings is 4. The number of hydrogen-bond acceptors (Lipinski definition) is 3. The van der Waals surface area contributed by atoms with E-state index in [1.54, 1.807) is 0 Å². The normalized spacial score (nSPS) is 15.4. The minimum Gasteiger partial charge on any atom is -0.343 e. The van der Waals surface area contributed by atoms with E-state index in [0.717, 1.165) is 0 Å². The lowest BCUT2D eigenvalue weighted by Crippen LogP contribution is -2.53. The maximum atomic E-state index is 2.49. The van der Waals surface area contributed by atoms with Crippen LogP contribution in [-0.4, -0.2) is 7.12 Å². The predicted octanol–water partition coefficient (Wildman–Crippen LogP) is 5.58. The highest BCUT2D eigenvalue weighted by molar-refractivity contribution is 6.81.